The van der Waals surface area contributed by atoms with Crippen molar-refractivity contribution in [3.05, 3.63) is 35.6 Å². The minimum atomic E-state index is -0.139. The molecule has 18 heavy (non-hydrogen) atoms. The molecule has 100 valence electrons. The lowest BCUT2D eigenvalue weighted by molar-refractivity contribution is 0.269. The molecule has 0 amide bonds. The second kappa shape index (κ2) is 5.83. The van der Waals surface area contributed by atoms with Crippen LogP contribution in [-0.4, -0.2) is 12.6 Å². The highest BCUT2D eigenvalue weighted by Crippen LogP contribution is 2.40. The summed E-state index contributed by atoms with van der Waals surface area (Å²) in [5.74, 6) is -0.139. The zero-order chi connectivity index (χ0) is 13.0. The molecule has 1 fully saturated rings. The molecule has 0 bridgehead atoms. The second-order valence-corrected chi connectivity index (χ2v) is 6.05. The largest absolute Gasteiger partial charge is 0.314 e. The third-order valence-corrected chi connectivity index (χ3v) is 4.04. The van der Waals surface area contributed by atoms with Gasteiger partial charge in [-0.3, -0.25) is 0 Å². The number of rotatable bonds is 5. The van der Waals surface area contributed by atoms with Gasteiger partial charge >= 0.3 is 0 Å². The van der Waals surface area contributed by atoms with Gasteiger partial charge in [0.1, 0.15) is 5.82 Å². The lowest BCUT2D eigenvalue weighted by Crippen LogP contribution is -2.37. The van der Waals surface area contributed by atoms with E-state index >= 15 is 0 Å². The van der Waals surface area contributed by atoms with Gasteiger partial charge < -0.3 is 5.32 Å². The molecule has 2 heteroatoms. The van der Waals surface area contributed by atoms with Crippen molar-refractivity contribution in [3.8, 4) is 0 Å². The van der Waals surface area contributed by atoms with Crippen molar-refractivity contribution in [1.29, 1.82) is 0 Å². The number of hydrogen-bond acceptors (Lipinski definition) is 1. The lowest BCUT2D eigenvalue weighted by atomic mass is 9.80. The highest BCUT2D eigenvalue weighted by Gasteiger charge is 2.33. The molecule has 0 heterocycles. The van der Waals surface area contributed by atoms with Gasteiger partial charge in [-0.05, 0) is 42.4 Å². The second-order valence-electron chi connectivity index (χ2n) is 6.05. The van der Waals surface area contributed by atoms with E-state index in [-0.39, 0.29) is 5.82 Å². The molecule has 1 aromatic carbocycles. The van der Waals surface area contributed by atoms with Crippen molar-refractivity contribution >= 4 is 0 Å². The molecule has 1 aliphatic rings. The summed E-state index contributed by atoms with van der Waals surface area (Å²) in [6.45, 7) is 5.48. The Balaban J connectivity index is 2.03. The quantitative estimate of drug-likeness (QED) is 0.834. The molecule has 0 unspecified atom stereocenters. The van der Waals surface area contributed by atoms with E-state index in [4.69, 9.17) is 0 Å². The molecule has 2 rings (SSSR count). The monoisotopic (exact) mass is 249 g/mol. The lowest BCUT2D eigenvalue weighted by Gasteiger charge is -2.30. The van der Waals surface area contributed by atoms with E-state index in [2.05, 4.69) is 19.2 Å². The van der Waals surface area contributed by atoms with Crippen molar-refractivity contribution in [2.24, 2.45) is 5.41 Å². The number of halogens is 1. The SMILES string of the molecule is CC(C)NCC1(Cc2ccc(F)cc2)CCCC1. The normalized spacial score (nSPS) is 18.4. The van der Waals surface area contributed by atoms with Gasteiger partial charge in [-0.15, -0.1) is 0 Å². The third-order valence-electron chi connectivity index (χ3n) is 4.04. The molecule has 0 spiro atoms. The maximum Gasteiger partial charge on any atom is 0.123 e. The van der Waals surface area contributed by atoms with E-state index in [0.29, 0.717) is 11.5 Å². The summed E-state index contributed by atoms with van der Waals surface area (Å²) in [4.78, 5) is 0. The number of hydrogen-bond donors (Lipinski definition) is 1. The van der Waals surface area contributed by atoms with Crippen LogP contribution in [0.4, 0.5) is 4.39 Å². The summed E-state index contributed by atoms with van der Waals surface area (Å²) in [5.41, 5.74) is 1.66. The van der Waals surface area contributed by atoms with E-state index in [1.807, 2.05) is 12.1 Å². The van der Waals surface area contributed by atoms with E-state index in [0.717, 1.165) is 13.0 Å². The Hall–Kier alpha value is -0.890. The van der Waals surface area contributed by atoms with Gasteiger partial charge in [0, 0.05) is 12.6 Å². The fourth-order valence-corrected chi connectivity index (χ4v) is 3.00. The first kappa shape index (κ1) is 13.5. The van der Waals surface area contributed by atoms with E-state index in [1.54, 1.807) is 12.1 Å². The molecule has 1 aromatic rings. The van der Waals surface area contributed by atoms with Crippen molar-refractivity contribution in [3.63, 3.8) is 0 Å². The molecule has 0 saturated heterocycles. The Labute approximate surface area is 110 Å². The highest BCUT2D eigenvalue weighted by atomic mass is 19.1. The van der Waals surface area contributed by atoms with Crippen LogP contribution in [0.5, 0.6) is 0 Å². The standard InChI is InChI=1S/C16H24FN/c1-13(2)18-12-16(9-3-4-10-16)11-14-5-7-15(17)8-6-14/h5-8,13,18H,3-4,9-12H2,1-2H3. The summed E-state index contributed by atoms with van der Waals surface area (Å²) in [7, 11) is 0. The molecule has 0 atom stereocenters. The molecule has 1 nitrogen and oxygen atoms in total. The van der Waals surface area contributed by atoms with Crippen LogP contribution < -0.4 is 5.32 Å². The van der Waals surface area contributed by atoms with Gasteiger partial charge in [-0.2, -0.15) is 0 Å². The summed E-state index contributed by atoms with van der Waals surface area (Å²) in [6.07, 6.45) is 6.34. The molecule has 1 aliphatic carbocycles. The average Bonchev–Trinajstić information content (AvgIpc) is 2.79. The first-order valence-corrected chi connectivity index (χ1v) is 7.08. The fraction of sp³-hybridized carbons (Fsp3) is 0.625. The average molecular weight is 249 g/mol. The smallest absolute Gasteiger partial charge is 0.123 e. The minimum Gasteiger partial charge on any atom is -0.314 e. The first-order chi connectivity index (χ1) is 8.60. The Bertz CT molecular complexity index is 363. The van der Waals surface area contributed by atoms with E-state index in [9.17, 15) is 4.39 Å². The Morgan fingerprint density at radius 3 is 2.33 bits per heavy atom. The number of nitrogens with one attached hydrogen (secondary N) is 1. The zero-order valence-electron chi connectivity index (χ0n) is 11.5. The van der Waals surface area contributed by atoms with Crippen LogP contribution in [0.1, 0.15) is 45.1 Å². The number of benzene rings is 1. The Kier molecular flexibility index (Phi) is 4.39. The van der Waals surface area contributed by atoms with Crippen LogP contribution in [0.15, 0.2) is 24.3 Å². The van der Waals surface area contributed by atoms with Crippen LogP contribution in [0.3, 0.4) is 0 Å². The Morgan fingerprint density at radius 2 is 1.78 bits per heavy atom. The maximum absolute atomic E-state index is 12.9. The van der Waals surface area contributed by atoms with Gasteiger partial charge in [0.25, 0.3) is 0 Å². The van der Waals surface area contributed by atoms with E-state index < -0.39 is 0 Å². The Morgan fingerprint density at radius 1 is 1.17 bits per heavy atom. The van der Waals surface area contributed by atoms with Crippen molar-refractivity contribution in [2.45, 2.75) is 52.0 Å². The van der Waals surface area contributed by atoms with Crippen LogP contribution in [-0.2, 0) is 6.42 Å². The minimum absolute atomic E-state index is 0.139. The van der Waals surface area contributed by atoms with Crippen molar-refractivity contribution in [1.82, 2.24) is 5.32 Å². The van der Waals surface area contributed by atoms with Crippen molar-refractivity contribution in [2.75, 3.05) is 6.54 Å². The van der Waals surface area contributed by atoms with Crippen LogP contribution in [0.2, 0.25) is 0 Å². The van der Waals surface area contributed by atoms with Gasteiger partial charge in [-0.25, -0.2) is 4.39 Å². The molecular weight excluding hydrogens is 225 g/mol. The molecule has 1 saturated carbocycles. The highest BCUT2D eigenvalue weighted by molar-refractivity contribution is 5.18. The zero-order valence-corrected chi connectivity index (χ0v) is 11.5. The van der Waals surface area contributed by atoms with Gasteiger partial charge in [-0.1, -0.05) is 38.8 Å². The topological polar surface area (TPSA) is 12.0 Å². The van der Waals surface area contributed by atoms with Gasteiger partial charge in [0.2, 0.25) is 0 Å². The summed E-state index contributed by atoms with van der Waals surface area (Å²) >= 11 is 0. The predicted octanol–water partition coefficient (Wildman–Crippen LogP) is 3.93. The molecule has 1 N–H and O–H groups in total. The van der Waals surface area contributed by atoms with Gasteiger partial charge in [0.05, 0.1) is 0 Å². The van der Waals surface area contributed by atoms with Gasteiger partial charge in [0.15, 0.2) is 0 Å². The van der Waals surface area contributed by atoms with Crippen LogP contribution in [0, 0.1) is 11.2 Å². The molecular formula is C16H24FN. The molecule has 0 aliphatic heterocycles. The summed E-state index contributed by atoms with van der Waals surface area (Å²) in [5, 5.41) is 3.59. The fourth-order valence-electron chi connectivity index (χ4n) is 3.00. The van der Waals surface area contributed by atoms with Crippen molar-refractivity contribution < 1.29 is 4.39 Å². The summed E-state index contributed by atoms with van der Waals surface area (Å²) < 4.78 is 12.9. The van der Waals surface area contributed by atoms with Crippen LogP contribution in [0.25, 0.3) is 0 Å². The predicted molar refractivity (Wildman–Crippen MR) is 74.1 cm³/mol. The summed E-state index contributed by atoms with van der Waals surface area (Å²) in [6, 6.07) is 7.56. The molecule has 0 radical (unpaired) electrons. The third kappa shape index (κ3) is 3.55. The maximum atomic E-state index is 12.9. The first-order valence-electron chi connectivity index (χ1n) is 7.08. The molecule has 0 aromatic heterocycles. The van der Waals surface area contributed by atoms with E-state index in [1.165, 1.54) is 31.2 Å². The van der Waals surface area contributed by atoms with Crippen LogP contribution >= 0.6 is 0 Å².